The van der Waals surface area contributed by atoms with E-state index in [0.717, 1.165) is 24.7 Å². The zero-order chi connectivity index (χ0) is 12.6. The first-order valence-electron chi connectivity index (χ1n) is 5.70. The number of rotatable bonds is 8. The summed E-state index contributed by atoms with van der Waals surface area (Å²) in [4.78, 5) is 0. The smallest absolute Gasteiger partial charge is 0.385 e. The molecule has 1 rings (SSSR count). The Morgan fingerprint density at radius 1 is 1.00 bits per heavy atom. The van der Waals surface area contributed by atoms with E-state index < -0.39 is 8.80 Å². The summed E-state index contributed by atoms with van der Waals surface area (Å²) in [6.07, 6.45) is 0.955. The maximum Gasteiger partial charge on any atom is 0.500 e. The molecule has 18 heavy (non-hydrogen) atoms. The van der Waals surface area contributed by atoms with Crippen molar-refractivity contribution in [2.75, 3.05) is 33.2 Å². The number of nitrogens with one attached hydrogen (secondary N) is 1. The summed E-state index contributed by atoms with van der Waals surface area (Å²) in [6.45, 7) is 0.884. The molecule has 0 bridgehead atoms. The molecule has 0 atom stereocenters. The Balaban J connectivity index is 0.00000289. The minimum absolute atomic E-state index is 0. The first-order valence-corrected chi connectivity index (χ1v) is 7.64. The molecule has 4 nitrogen and oxygen atoms in total. The van der Waals surface area contributed by atoms with Gasteiger partial charge in [-0.2, -0.15) is 0 Å². The van der Waals surface area contributed by atoms with Gasteiger partial charge in [-0.3, -0.25) is 0 Å². The second kappa shape index (κ2) is 10.1. The molecule has 0 spiro atoms. The van der Waals surface area contributed by atoms with Crippen LogP contribution in [-0.4, -0.2) is 36.7 Å². The van der Waals surface area contributed by atoms with Gasteiger partial charge in [0.15, 0.2) is 0 Å². The van der Waals surface area contributed by atoms with Gasteiger partial charge in [0.25, 0.3) is 0 Å². The standard InChI is InChI=1S/C12H21NO3Si.Y/c1-14-17(15-2,16-3)11-7-10-13-12-8-5-4-6-9-12;/h4-6,8-9,13H,7,10-11H2,1-3H3;. The van der Waals surface area contributed by atoms with E-state index in [9.17, 15) is 0 Å². The fourth-order valence-electron chi connectivity index (χ4n) is 1.65. The Hall–Kier alpha value is 0.221. The van der Waals surface area contributed by atoms with Crippen LogP contribution < -0.4 is 5.32 Å². The van der Waals surface area contributed by atoms with Crippen LogP contribution in [0.25, 0.3) is 0 Å². The van der Waals surface area contributed by atoms with Gasteiger partial charge < -0.3 is 18.6 Å². The molecule has 6 heteroatoms. The van der Waals surface area contributed by atoms with Gasteiger partial charge in [-0.25, -0.2) is 0 Å². The van der Waals surface area contributed by atoms with Gasteiger partial charge >= 0.3 is 8.80 Å². The normalized spacial score (nSPS) is 10.8. The molecule has 0 unspecified atom stereocenters. The van der Waals surface area contributed by atoms with Crippen molar-refractivity contribution in [2.24, 2.45) is 0 Å². The molecule has 1 aromatic rings. The van der Waals surface area contributed by atoms with Gasteiger partial charge in [0.2, 0.25) is 0 Å². The molecule has 0 aliphatic rings. The van der Waals surface area contributed by atoms with Crippen LogP contribution in [0.15, 0.2) is 30.3 Å². The van der Waals surface area contributed by atoms with Crippen LogP contribution in [0.5, 0.6) is 0 Å². The van der Waals surface area contributed by atoms with E-state index in [1.54, 1.807) is 21.3 Å². The Bertz CT molecular complexity index is 301. The zero-order valence-corrected chi connectivity index (χ0v) is 15.1. The van der Waals surface area contributed by atoms with Crippen LogP contribution >= 0.6 is 0 Å². The number of anilines is 1. The molecule has 0 aliphatic carbocycles. The van der Waals surface area contributed by atoms with Crippen LogP contribution in [0, 0.1) is 0 Å². The summed E-state index contributed by atoms with van der Waals surface area (Å²) >= 11 is 0. The monoisotopic (exact) mass is 344 g/mol. The van der Waals surface area contributed by atoms with E-state index in [0.29, 0.717) is 0 Å². The third-order valence-corrected chi connectivity index (χ3v) is 5.53. The van der Waals surface area contributed by atoms with Gasteiger partial charge in [0, 0.05) is 72.3 Å². The molecule has 1 N–H and O–H groups in total. The van der Waals surface area contributed by atoms with Crippen LogP contribution in [0.3, 0.4) is 0 Å². The number of para-hydroxylation sites is 1. The molecular formula is C12H21NO3SiY. The third kappa shape index (κ3) is 5.91. The summed E-state index contributed by atoms with van der Waals surface area (Å²) < 4.78 is 16.1. The van der Waals surface area contributed by atoms with Crippen molar-refractivity contribution in [3.8, 4) is 0 Å². The van der Waals surface area contributed by atoms with Crippen LogP contribution in [0.2, 0.25) is 6.04 Å². The van der Waals surface area contributed by atoms with Crippen molar-refractivity contribution in [2.45, 2.75) is 12.5 Å². The fourth-order valence-corrected chi connectivity index (χ4v) is 3.37. The summed E-state index contributed by atoms with van der Waals surface area (Å²) in [5, 5.41) is 3.35. The molecule has 1 radical (unpaired) electrons. The Labute approximate surface area is 136 Å². The van der Waals surface area contributed by atoms with Crippen LogP contribution in [0.1, 0.15) is 6.42 Å². The van der Waals surface area contributed by atoms with Crippen LogP contribution in [0.4, 0.5) is 5.69 Å². The molecule has 0 fully saturated rings. The van der Waals surface area contributed by atoms with E-state index in [-0.39, 0.29) is 32.7 Å². The molecule has 0 saturated carbocycles. The summed E-state index contributed by atoms with van der Waals surface area (Å²) in [6, 6.07) is 10.9. The molecule has 1 aromatic carbocycles. The summed E-state index contributed by atoms with van der Waals surface area (Å²) in [7, 11) is 2.53. The quantitative estimate of drug-likeness (QED) is 0.581. The van der Waals surface area contributed by atoms with Crippen molar-refractivity contribution in [3.63, 3.8) is 0 Å². The minimum atomic E-state index is -2.40. The molecular weight excluding hydrogens is 323 g/mol. The van der Waals surface area contributed by atoms with Gasteiger partial charge in [-0.05, 0) is 18.6 Å². The average Bonchev–Trinajstić information content (AvgIpc) is 2.41. The second-order valence-corrected chi connectivity index (χ2v) is 6.78. The first kappa shape index (κ1) is 18.2. The average molecular weight is 344 g/mol. The van der Waals surface area contributed by atoms with Gasteiger partial charge in [0.1, 0.15) is 0 Å². The molecule has 0 amide bonds. The third-order valence-electron chi connectivity index (χ3n) is 2.70. The topological polar surface area (TPSA) is 39.7 Å². The van der Waals surface area contributed by atoms with Gasteiger partial charge in [-0.1, -0.05) is 18.2 Å². The molecule has 0 aliphatic heterocycles. The van der Waals surface area contributed by atoms with E-state index in [4.69, 9.17) is 13.3 Å². The predicted octanol–water partition coefficient (Wildman–Crippen LogP) is 2.36. The predicted molar refractivity (Wildman–Crippen MR) is 71.1 cm³/mol. The van der Waals surface area contributed by atoms with Crippen molar-refractivity contribution in [1.82, 2.24) is 0 Å². The second-order valence-electron chi connectivity index (χ2n) is 3.69. The number of hydrogen-bond acceptors (Lipinski definition) is 4. The molecule has 0 heterocycles. The van der Waals surface area contributed by atoms with Crippen molar-refractivity contribution in [1.29, 1.82) is 0 Å². The summed E-state index contributed by atoms with van der Waals surface area (Å²) in [5.74, 6) is 0. The van der Waals surface area contributed by atoms with Crippen molar-refractivity contribution < 1.29 is 46.0 Å². The minimum Gasteiger partial charge on any atom is -0.385 e. The SMILES string of the molecule is CO[Si](CCCNc1ccccc1)(OC)OC.[Y]. The Kier molecular flexibility index (Phi) is 10.2. The molecule has 0 saturated heterocycles. The Morgan fingerprint density at radius 3 is 2.06 bits per heavy atom. The number of benzene rings is 1. The fraction of sp³-hybridized carbons (Fsp3) is 0.500. The molecule has 99 valence electrons. The maximum atomic E-state index is 5.36. The van der Waals surface area contributed by atoms with E-state index in [2.05, 4.69) is 5.32 Å². The van der Waals surface area contributed by atoms with Gasteiger partial charge in [0.05, 0.1) is 0 Å². The largest absolute Gasteiger partial charge is 0.500 e. The first-order chi connectivity index (χ1) is 8.26. The van der Waals surface area contributed by atoms with Crippen molar-refractivity contribution in [3.05, 3.63) is 30.3 Å². The van der Waals surface area contributed by atoms with E-state index in [1.807, 2.05) is 30.3 Å². The maximum absolute atomic E-state index is 5.36. The van der Waals surface area contributed by atoms with Gasteiger partial charge in [-0.15, -0.1) is 0 Å². The van der Waals surface area contributed by atoms with Crippen molar-refractivity contribution >= 4 is 14.5 Å². The number of hydrogen-bond donors (Lipinski definition) is 1. The molecule has 0 aromatic heterocycles. The van der Waals surface area contributed by atoms with E-state index >= 15 is 0 Å². The van der Waals surface area contributed by atoms with E-state index in [1.165, 1.54) is 0 Å². The summed E-state index contributed by atoms with van der Waals surface area (Å²) in [5.41, 5.74) is 1.13. The zero-order valence-electron chi connectivity index (χ0n) is 11.3. The van der Waals surface area contributed by atoms with Crippen LogP contribution in [-0.2, 0) is 46.0 Å². The Morgan fingerprint density at radius 2 is 1.56 bits per heavy atom.